The molecule has 1 amide bonds. The second-order valence-electron chi connectivity index (χ2n) is 5.72. The molecule has 0 saturated carbocycles. The van der Waals surface area contributed by atoms with Gasteiger partial charge in [-0.05, 0) is 19.9 Å². The van der Waals surface area contributed by atoms with Crippen LogP contribution in [0.15, 0.2) is 12.1 Å². The summed E-state index contributed by atoms with van der Waals surface area (Å²) in [5.74, 6) is -2.47. The van der Waals surface area contributed by atoms with Crippen LogP contribution in [0.1, 0.15) is 24.2 Å². The maximum absolute atomic E-state index is 13.8. The molecule has 0 aromatic heterocycles. The van der Waals surface area contributed by atoms with Gasteiger partial charge in [0.25, 0.3) is 5.91 Å². The third-order valence-corrected chi connectivity index (χ3v) is 3.29. The standard InChI is InChI=1S/C14H18F2N2O3/c1-14(2)7-18(5-8(6-19)21-14)13(20)9-3-12(17)11(16)4-10(9)15/h3-4,8,19H,5-7,17H2,1-2H3. The molecular weight excluding hydrogens is 282 g/mol. The number of carbonyl (C=O) groups is 1. The molecule has 1 atom stereocenters. The van der Waals surface area contributed by atoms with Crippen molar-refractivity contribution in [2.45, 2.75) is 25.6 Å². The number of ether oxygens (including phenoxy) is 1. The van der Waals surface area contributed by atoms with E-state index in [2.05, 4.69) is 0 Å². The van der Waals surface area contributed by atoms with Gasteiger partial charge in [-0.15, -0.1) is 0 Å². The summed E-state index contributed by atoms with van der Waals surface area (Å²) in [6, 6.07) is 1.58. The molecule has 1 aromatic carbocycles. The number of nitrogens with two attached hydrogens (primary N) is 1. The van der Waals surface area contributed by atoms with E-state index in [-0.39, 0.29) is 30.9 Å². The van der Waals surface area contributed by atoms with Crippen LogP contribution >= 0.6 is 0 Å². The van der Waals surface area contributed by atoms with Gasteiger partial charge in [0.2, 0.25) is 0 Å². The van der Waals surface area contributed by atoms with Crippen molar-refractivity contribution in [2.75, 3.05) is 25.4 Å². The Balaban J connectivity index is 2.29. The van der Waals surface area contributed by atoms with E-state index in [4.69, 9.17) is 10.5 Å². The fourth-order valence-corrected chi connectivity index (χ4v) is 2.45. The number of carbonyl (C=O) groups excluding carboxylic acids is 1. The van der Waals surface area contributed by atoms with Gasteiger partial charge in [0.1, 0.15) is 11.6 Å². The van der Waals surface area contributed by atoms with E-state index in [0.29, 0.717) is 6.07 Å². The number of hydrogen-bond donors (Lipinski definition) is 2. The van der Waals surface area contributed by atoms with Gasteiger partial charge >= 0.3 is 0 Å². The lowest BCUT2D eigenvalue weighted by molar-refractivity contribution is -0.139. The predicted molar refractivity (Wildman–Crippen MR) is 72.7 cm³/mol. The Morgan fingerprint density at radius 2 is 2.14 bits per heavy atom. The van der Waals surface area contributed by atoms with Gasteiger partial charge in [-0.25, -0.2) is 8.78 Å². The molecule has 5 nitrogen and oxygen atoms in total. The van der Waals surface area contributed by atoms with E-state index in [1.54, 1.807) is 13.8 Å². The third-order valence-electron chi connectivity index (χ3n) is 3.29. The van der Waals surface area contributed by atoms with Gasteiger partial charge in [-0.2, -0.15) is 0 Å². The lowest BCUT2D eigenvalue weighted by Gasteiger charge is -2.42. The monoisotopic (exact) mass is 300 g/mol. The summed E-state index contributed by atoms with van der Waals surface area (Å²) in [7, 11) is 0. The van der Waals surface area contributed by atoms with Crippen LogP contribution in [-0.4, -0.2) is 47.3 Å². The summed E-state index contributed by atoms with van der Waals surface area (Å²) in [6.45, 7) is 3.66. The molecule has 7 heteroatoms. The number of anilines is 1. The maximum Gasteiger partial charge on any atom is 0.257 e. The minimum absolute atomic E-state index is 0.134. The van der Waals surface area contributed by atoms with E-state index in [0.717, 1.165) is 6.07 Å². The second-order valence-corrected chi connectivity index (χ2v) is 5.72. The number of nitrogens with zero attached hydrogens (tertiary/aromatic N) is 1. The average Bonchev–Trinajstić information content (AvgIpc) is 2.40. The molecule has 1 aliphatic heterocycles. The Kier molecular flexibility index (Phi) is 4.15. The number of halogens is 2. The Labute approximate surface area is 121 Å². The summed E-state index contributed by atoms with van der Waals surface area (Å²) in [4.78, 5) is 13.8. The first-order chi connectivity index (χ1) is 9.73. The molecule has 1 aromatic rings. The normalized spacial score (nSPS) is 21.4. The van der Waals surface area contributed by atoms with Crippen molar-refractivity contribution in [1.82, 2.24) is 4.90 Å². The number of hydrogen-bond acceptors (Lipinski definition) is 4. The highest BCUT2D eigenvalue weighted by atomic mass is 19.1. The number of aliphatic hydroxyl groups excluding tert-OH is 1. The third kappa shape index (κ3) is 3.30. The zero-order valence-corrected chi connectivity index (χ0v) is 11.9. The van der Waals surface area contributed by atoms with E-state index in [1.807, 2.05) is 0 Å². The minimum Gasteiger partial charge on any atom is -0.396 e. The first-order valence-corrected chi connectivity index (χ1v) is 6.56. The number of benzene rings is 1. The largest absolute Gasteiger partial charge is 0.396 e. The van der Waals surface area contributed by atoms with Gasteiger partial charge in [0.15, 0.2) is 0 Å². The SMILES string of the molecule is CC1(C)CN(C(=O)c2cc(N)c(F)cc2F)CC(CO)O1. The van der Waals surface area contributed by atoms with Gasteiger partial charge in [0.05, 0.1) is 29.6 Å². The molecular formula is C14H18F2N2O3. The molecule has 1 saturated heterocycles. The number of amides is 1. The first kappa shape index (κ1) is 15.7. The summed E-state index contributed by atoms with van der Waals surface area (Å²) in [6.07, 6.45) is -0.543. The molecule has 0 radical (unpaired) electrons. The van der Waals surface area contributed by atoms with Crippen molar-refractivity contribution in [3.8, 4) is 0 Å². The molecule has 1 unspecified atom stereocenters. The van der Waals surface area contributed by atoms with Gasteiger partial charge < -0.3 is 20.5 Å². The molecule has 2 rings (SSSR count). The van der Waals surface area contributed by atoms with Crippen LogP contribution in [0.5, 0.6) is 0 Å². The topological polar surface area (TPSA) is 75.8 Å². The molecule has 1 fully saturated rings. The Hall–Kier alpha value is -1.73. The van der Waals surface area contributed by atoms with E-state index in [9.17, 15) is 18.7 Å². The van der Waals surface area contributed by atoms with E-state index < -0.39 is 29.2 Å². The molecule has 0 spiro atoms. The summed E-state index contributed by atoms with van der Waals surface area (Å²) in [5.41, 5.74) is 4.15. The van der Waals surface area contributed by atoms with Gasteiger partial charge in [0, 0.05) is 19.2 Å². The van der Waals surface area contributed by atoms with Crippen LogP contribution in [0, 0.1) is 11.6 Å². The van der Waals surface area contributed by atoms with Crippen LogP contribution in [-0.2, 0) is 4.74 Å². The number of rotatable bonds is 2. The quantitative estimate of drug-likeness (QED) is 0.804. The molecule has 0 aliphatic carbocycles. The lowest BCUT2D eigenvalue weighted by atomic mass is 10.0. The molecule has 0 bridgehead atoms. The van der Waals surface area contributed by atoms with Crippen LogP contribution < -0.4 is 5.73 Å². The first-order valence-electron chi connectivity index (χ1n) is 6.56. The van der Waals surface area contributed by atoms with Crippen LogP contribution in [0.3, 0.4) is 0 Å². The van der Waals surface area contributed by atoms with Crippen molar-refractivity contribution >= 4 is 11.6 Å². The number of nitrogen functional groups attached to an aromatic ring is 1. The van der Waals surface area contributed by atoms with Crippen LogP contribution in [0.4, 0.5) is 14.5 Å². The fourth-order valence-electron chi connectivity index (χ4n) is 2.45. The van der Waals surface area contributed by atoms with Crippen LogP contribution in [0.25, 0.3) is 0 Å². The van der Waals surface area contributed by atoms with Crippen molar-refractivity contribution in [2.24, 2.45) is 0 Å². The zero-order chi connectivity index (χ0) is 15.8. The summed E-state index contributed by atoms with van der Waals surface area (Å²) >= 11 is 0. The second kappa shape index (κ2) is 5.57. The van der Waals surface area contributed by atoms with Gasteiger partial charge in [-0.1, -0.05) is 0 Å². The highest BCUT2D eigenvalue weighted by molar-refractivity contribution is 5.95. The van der Waals surface area contributed by atoms with Gasteiger partial charge in [-0.3, -0.25) is 4.79 Å². The lowest BCUT2D eigenvalue weighted by Crippen LogP contribution is -2.55. The van der Waals surface area contributed by atoms with Crippen molar-refractivity contribution in [3.05, 3.63) is 29.3 Å². The van der Waals surface area contributed by atoms with Crippen molar-refractivity contribution < 1.29 is 23.4 Å². The molecule has 1 aliphatic rings. The van der Waals surface area contributed by atoms with Crippen molar-refractivity contribution in [3.63, 3.8) is 0 Å². The van der Waals surface area contributed by atoms with E-state index >= 15 is 0 Å². The zero-order valence-electron chi connectivity index (χ0n) is 11.9. The summed E-state index contributed by atoms with van der Waals surface area (Å²) in [5, 5.41) is 9.22. The predicted octanol–water partition coefficient (Wildman–Crippen LogP) is 1.16. The smallest absolute Gasteiger partial charge is 0.257 e. The maximum atomic E-state index is 13.8. The fraction of sp³-hybridized carbons (Fsp3) is 0.500. The molecule has 116 valence electrons. The Morgan fingerprint density at radius 1 is 1.48 bits per heavy atom. The van der Waals surface area contributed by atoms with Crippen molar-refractivity contribution in [1.29, 1.82) is 0 Å². The minimum atomic E-state index is -0.962. The Bertz CT molecular complexity index is 563. The molecule has 1 heterocycles. The summed E-state index contributed by atoms with van der Waals surface area (Å²) < 4.78 is 32.5. The number of aliphatic hydroxyl groups is 1. The molecule has 3 N–H and O–H groups in total. The highest BCUT2D eigenvalue weighted by Crippen LogP contribution is 2.24. The van der Waals surface area contributed by atoms with Crippen LogP contribution in [0.2, 0.25) is 0 Å². The van der Waals surface area contributed by atoms with E-state index in [1.165, 1.54) is 4.90 Å². The highest BCUT2D eigenvalue weighted by Gasteiger charge is 2.36. The number of morpholine rings is 1. The Morgan fingerprint density at radius 3 is 2.76 bits per heavy atom. The average molecular weight is 300 g/mol. The molecule has 21 heavy (non-hydrogen) atoms.